The van der Waals surface area contributed by atoms with Crippen LogP contribution in [0, 0.1) is 0 Å². The summed E-state index contributed by atoms with van der Waals surface area (Å²) in [5.41, 5.74) is 3.23. The first-order valence-corrected chi connectivity index (χ1v) is 10.6. The van der Waals surface area contributed by atoms with Crippen LogP contribution in [0.5, 0.6) is 0 Å². The van der Waals surface area contributed by atoms with Crippen LogP contribution in [0.2, 0.25) is 5.02 Å². The Morgan fingerprint density at radius 3 is 2.55 bits per heavy atom. The molecule has 3 aromatic carbocycles. The van der Waals surface area contributed by atoms with E-state index in [1.165, 1.54) is 6.33 Å². The standard InChI is InChI=1S/C25H18ClN5O2/c26-19-10-11-21-22(12-19)31(20-4-2-1-3-5-20)14-18(23(21)32)13-27-25(33)17-8-6-16(7-9-17)24-28-15-29-30-24/h1-12,14-15H,13H2,(H,27,33)(H,28,29,30). The molecule has 162 valence electrons. The Hall–Kier alpha value is -4.23. The van der Waals surface area contributed by atoms with Gasteiger partial charge in [-0.1, -0.05) is 41.9 Å². The van der Waals surface area contributed by atoms with Crippen molar-refractivity contribution in [2.45, 2.75) is 6.54 Å². The molecule has 33 heavy (non-hydrogen) atoms. The van der Waals surface area contributed by atoms with Crippen LogP contribution in [-0.4, -0.2) is 25.7 Å². The lowest BCUT2D eigenvalue weighted by Crippen LogP contribution is -2.27. The predicted molar refractivity (Wildman–Crippen MR) is 128 cm³/mol. The fraction of sp³-hybridized carbons (Fsp3) is 0.0400. The lowest BCUT2D eigenvalue weighted by Gasteiger charge is -2.14. The van der Waals surface area contributed by atoms with E-state index in [1.54, 1.807) is 48.7 Å². The van der Waals surface area contributed by atoms with E-state index in [0.29, 0.717) is 32.9 Å². The number of para-hydroxylation sites is 1. The van der Waals surface area contributed by atoms with Crippen molar-refractivity contribution in [3.63, 3.8) is 0 Å². The van der Waals surface area contributed by atoms with Gasteiger partial charge in [0.1, 0.15) is 6.33 Å². The van der Waals surface area contributed by atoms with Gasteiger partial charge in [-0.3, -0.25) is 14.7 Å². The third kappa shape index (κ3) is 4.14. The van der Waals surface area contributed by atoms with Gasteiger partial charge in [0.05, 0.1) is 5.52 Å². The van der Waals surface area contributed by atoms with Gasteiger partial charge < -0.3 is 9.88 Å². The molecule has 0 saturated heterocycles. The van der Waals surface area contributed by atoms with Crippen molar-refractivity contribution in [1.29, 1.82) is 0 Å². The highest BCUT2D eigenvalue weighted by Crippen LogP contribution is 2.21. The fourth-order valence-electron chi connectivity index (χ4n) is 3.68. The average Bonchev–Trinajstić information content (AvgIpc) is 3.39. The van der Waals surface area contributed by atoms with Crippen molar-refractivity contribution in [1.82, 2.24) is 25.1 Å². The Balaban J connectivity index is 1.44. The summed E-state index contributed by atoms with van der Waals surface area (Å²) in [4.78, 5) is 29.9. The molecule has 0 bridgehead atoms. The first-order chi connectivity index (χ1) is 16.1. The molecule has 0 spiro atoms. The summed E-state index contributed by atoms with van der Waals surface area (Å²) < 4.78 is 1.91. The molecule has 7 nitrogen and oxygen atoms in total. The Labute approximate surface area is 193 Å². The van der Waals surface area contributed by atoms with Crippen LogP contribution in [0.15, 0.2) is 90.1 Å². The number of carbonyl (C=O) groups excluding carboxylic acids is 1. The third-order valence-electron chi connectivity index (χ3n) is 5.35. The first-order valence-electron chi connectivity index (χ1n) is 10.2. The van der Waals surface area contributed by atoms with Gasteiger partial charge in [0.25, 0.3) is 5.91 Å². The highest BCUT2D eigenvalue weighted by atomic mass is 35.5. The largest absolute Gasteiger partial charge is 0.348 e. The first kappa shape index (κ1) is 20.7. The molecule has 1 amide bonds. The normalized spacial score (nSPS) is 10.9. The minimum absolute atomic E-state index is 0.0902. The van der Waals surface area contributed by atoms with Crippen LogP contribution in [-0.2, 0) is 6.54 Å². The van der Waals surface area contributed by atoms with Gasteiger partial charge in [-0.2, -0.15) is 5.10 Å². The van der Waals surface area contributed by atoms with E-state index in [4.69, 9.17) is 11.6 Å². The van der Waals surface area contributed by atoms with Crippen molar-refractivity contribution >= 4 is 28.4 Å². The van der Waals surface area contributed by atoms with E-state index in [2.05, 4.69) is 20.5 Å². The monoisotopic (exact) mass is 455 g/mol. The summed E-state index contributed by atoms with van der Waals surface area (Å²) >= 11 is 6.20. The number of fused-ring (bicyclic) bond motifs is 1. The molecule has 0 fully saturated rings. The molecular formula is C25H18ClN5O2. The molecule has 0 saturated carbocycles. The summed E-state index contributed by atoms with van der Waals surface area (Å²) in [6.07, 6.45) is 3.18. The van der Waals surface area contributed by atoms with Crippen LogP contribution in [0.1, 0.15) is 15.9 Å². The molecule has 5 rings (SSSR count). The molecule has 2 N–H and O–H groups in total. The van der Waals surface area contributed by atoms with Crippen LogP contribution >= 0.6 is 11.6 Å². The number of hydrogen-bond acceptors (Lipinski definition) is 4. The predicted octanol–water partition coefficient (Wildman–Crippen LogP) is 4.36. The minimum Gasteiger partial charge on any atom is -0.348 e. The topological polar surface area (TPSA) is 92.7 Å². The summed E-state index contributed by atoms with van der Waals surface area (Å²) in [6.45, 7) is 0.0902. The summed E-state index contributed by atoms with van der Waals surface area (Å²) in [6, 6.07) is 21.8. The number of hydrogen-bond donors (Lipinski definition) is 2. The van der Waals surface area contributed by atoms with E-state index in [1.807, 2.05) is 34.9 Å². The molecular weight excluding hydrogens is 438 g/mol. The molecule has 0 radical (unpaired) electrons. The summed E-state index contributed by atoms with van der Waals surface area (Å²) in [5, 5.41) is 10.5. The maximum absolute atomic E-state index is 13.1. The number of amides is 1. The van der Waals surface area contributed by atoms with Gasteiger partial charge in [-0.15, -0.1) is 0 Å². The smallest absolute Gasteiger partial charge is 0.251 e. The fourth-order valence-corrected chi connectivity index (χ4v) is 3.85. The highest BCUT2D eigenvalue weighted by molar-refractivity contribution is 6.31. The molecule has 8 heteroatoms. The number of aromatic nitrogens is 4. The average molecular weight is 456 g/mol. The van der Waals surface area contributed by atoms with Crippen LogP contribution < -0.4 is 10.7 Å². The molecule has 0 aliphatic heterocycles. The Bertz CT molecular complexity index is 1490. The van der Waals surface area contributed by atoms with E-state index < -0.39 is 0 Å². The van der Waals surface area contributed by atoms with Gasteiger partial charge in [0.2, 0.25) is 0 Å². The zero-order valence-electron chi connectivity index (χ0n) is 17.3. The summed E-state index contributed by atoms with van der Waals surface area (Å²) in [7, 11) is 0. The summed E-state index contributed by atoms with van der Waals surface area (Å²) in [5.74, 6) is 0.348. The minimum atomic E-state index is -0.277. The van der Waals surface area contributed by atoms with Crippen molar-refractivity contribution in [3.05, 3.63) is 112 Å². The molecule has 0 atom stereocenters. The Kier molecular flexibility index (Phi) is 5.46. The number of nitrogens with one attached hydrogen (secondary N) is 2. The van der Waals surface area contributed by atoms with Crippen molar-refractivity contribution < 1.29 is 4.79 Å². The van der Waals surface area contributed by atoms with Gasteiger partial charge in [-0.05, 0) is 42.5 Å². The van der Waals surface area contributed by atoms with Crippen LogP contribution in [0.3, 0.4) is 0 Å². The zero-order valence-corrected chi connectivity index (χ0v) is 18.1. The van der Waals surface area contributed by atoms with Gasteiger partial charge in [0, 0.05) is 45.5 Å². The second-order valence-corrected chi connectivity index (χ2v) is 7.88. The number of nitrogens with zero attached hydrogens (tertiary/aromatic N) is 3. The molecule has 2 heterocycles. The van der Waals surface area contributed by atoms with Crippen LogP contribution in [0.25, 0.3) is 28.0 Å². The molecule has 0 aliphatic carbocycles. The van der Waals surface area contributed by atoms with Gasteiger partial charge in [0.15, 0.2) is 11.3 Å². The maximum atomic E-state index is 13.1. The number of carbonyl (C=O) groups is 1. The second kappa shape index (κ2) is 8.72. The lowest BCUT2D eigenvalue weighted by atomic mass is 10.1. The highest BCUT2D eigenvalue weighted by Gasteiger charge is 2.13. The number of pyridine rings is 1. The van der Waals surface area contributed by atoms with Crippen LogP contribution in [0.4, 0.5) is 0 Å². The van der Waals surface area contributed by atoms with Crippen molar-refractivity contribution in [2.75, 3.05) is 0 Å². The second-order valence-electron chi connectivity index (χ2n) is 7.44. The maximum Gasteiger partial charge on any atom is 0.251 e. The Morgan fingerprint density at radius 2 is 1.82 bits per heavy atom. The zero-order chi connectivity index (χ0) is 22.8. The van der Waals surface area contributed by atoms with E-state index in [-0.39, 0.29) is 17.9 Å². The number of halogens is 1. The van der Waals surface area contributed by atoms with E-state index in [0.717, 1.165) is 11.3 Å². The molecule has 2 aromatic heterocycles. The SMILES string of the molecule is O=C(NCc1cn(-c2ccccc2)c2cc(Cl)ccc2c1=O)c1ccc(-c2ncn[nH]2)cc1. The van der Waals surface area contributed by atoms with E-state index >= 15 is 0 Å². The van der Waals surface area contributed by atoms with E-state index in [9.17, 15) is 9.59 Å². The van der Waals surface area contributed by atoms with Crippen molar-refractivity contribution in [2.24, 2.45) is 0 Å². The lowest BCUT2D eigenvalue weighted by molar-refractivity contribution is 0.0951. The quantitative estimate of drug-likeness (QED) is 0.412. The van der Waals surface area contributed by atoms with Gasteiger partial charge in [-0.25, -0.2) is 4.98 Å². The molecule has 0 unspecified atom stereocenters. The molecule has 5 aromatic rings. The number of rotatable bonds is 5. The van der Waals surface area contributed by atoms with Gasteiger partial charge >= 0.3 is 0 Å². The number of H-pyrrole nitrogens is 1. The third-order valence-corrected chi connectivity index (χ3v) is 5.58. The molecule has 0 aliphatic rings. The number of aromatic amines is 1. The number of benzene rings is 3. The Morgan fingerprint density at radius 1 is 1.03 bits per heavy atom. The van der Waals surface area contributed by atoms with Crippen molar-refractivity contribution in [3.8, 4) is 17.1 Å².